The molecule has 1 atom stereocenters. The lowest BCUT2D eigenvalue weighted by atomic mass is 10.3. The Kier molecular flexibility index (Phi) is 5.46. The Morgan fingerprint density at radius 2 is 2.38 bits per heavy atom. The lowest BCUT2D eigenvalue weighted by Crippen LogP contribution is -2.32. The van der Waals surface area contributed by atoms with Crippen LogP contribution < -0.4 is 11.1 Å². The Labute approximate surface area is 127 Å². The van der Waals surface area contributed by atoms with Gasteiger partial charge in [0, 0.05) is 32.0 Å². The minimum atomic E-state index is -0.280. The maximum Gasteiger partial charge on any atom is 0.257 e. The second kappa shape index (κ2) is 7.33. The van der Waals surface area contributed by atoms with Crippen molar-refractivity contribution in [1.82, 2.24) is 10.3 Å². The van der Waals surface area contributed by atoms with E-state index < -0.39 is 0 Å². The molecule has 1 heterocycles. The molecule has 0 aliphatic rings. The molecule has 0 aliphatic heterocycles. The SMILES string of the molecule is COCCCNC(=O)C(C)Sc1nc2ccc(N)cc2o1. The van der Waals surface area contributed by atoms with Crippen molar-refractivity contribution in [2.75, 3.05) is 26.0 Å². The van der Waals surface area contributed by atoms with Crippen LogP contribution in [-0.2, 0) is 9.53 Å². The first kappa shape index (κ1) is 15.7. The van der Waals surface area contributed by atoms with Crippen LogP contribution in [-0.4, -0.2) is 36.4 Å². The Bertz CT molecular complexity index is 615. The van der Waals surface area contributed by atoms with Crippen LogP contribution in [0.15, 0.2) is 27.8 Å². The van der Waals surface area contributed by atoms with Gasteiger partial charge in [-0.2, -0.15) is 0 Å². The van der Waals surface area contributed by atoms with Crippen LogP contribution in [0.4, 0.5) is 5.69 Å². The van der Waals surface area contributed by atoms with E-state index in [2.05, 4.69) is 10.3 Å². The average Bonchev–Trinajstić information content (AvgIpc) is 2.84. The summed E-state index contributed by atoms with van der Waals surface area (Å²) in [5.41, 5.74) is 7.68. The number of methoxy groups -OCH3 is 1. The lowest BCUT2D eigenvalue weighted by molar-refractivity contribution is -0.120. The minimum Gasteiger partial charge on any atom is -0.431 e. The third-order valence-corrected chi connectivity index (χ3v) is 3.81. The molecule has 21 heavy (non-hydrogen) atoms. The van der Waals surface area contributed by atoms with Crippen molar-refractivity contribution in [1.29, 1.82) is 0 Å². The van der Waals surface area contributed by atoms with Crippen LogP contribution in [0.25, 0.3) is 11.1 Å². The molecule has 1 aromatic carbocycles. The molecule has 1 aromatic heterocycles. The first-order valence-electron chi connectivity index (χ1n) is 6.69. The van der Waals surface area contributed by atoms with Gasteiger partial charge in [0.15, 0.2) is 5.58 Å². The zero-order chi connectivity index (χ0) is 15.2. The highest BCUT2D eigenvalue weighted by Crippen LogP contribution is 2.27. The monoisotopic (exact) mass is 309 g/mol. The van der Waals surface area contributed by atoms with E-state index in [0.29, 0.717) is 29.6 Å². The molecule has 2 rings (SSSR count). The quantitative estimate of drug-likeness (QED) is 0.462. The lowest BCUT2D eigenvalue weighted by Gasteiger charge is -2.09. The molecule has 3 N–H and O–H groups in total. The van der Waals surface area contributed by atoms with E-state index in [1.165, 1.54) is 11.8 Å². The number of amides is 1. The summed E-state index contributed by atoms with van der Waals surface area (Å²) in [4.78, 5) is 16.2. The molecule has 0 spiro atoms. The second-order valence-electron chi connectivity index (χ2n) is 4.60. The number of nitrogens with one attached hydrogen (secondary N) is 1. The number of thioether (sulfide) groups is 1. The highest BCUT2D eigenvalue weighted by atomic mass is 32.2. The number of carbonyl (C=O) groups excluding carboxylic acids is 1. The molecule has 114 valence electrons. The zero-order valence-corrected chi connectivity index (χ0v) is 12.9. The molecule has 0 radical (unpaired) electrons. The summed E-state index contributed by atoms with van der Waals surface area (Å²) in [5.74, 6) is -0.0436. The molecule has 0 saturated heterocycles. The summed E-state index contributed by atoms with van der Waals surface area (Å²) in [6, 6.07) is 5.29. The predicted octanol–water partition coefficient (Wildman–Crippen LogP) is 2.04. The molecule has 7 heteroatoms. The van der Waals surface area contributed by atoms with E-state index >= 15 is 0 Å². The number of oxazole rings is 1. The molecular weight excluding hydrogens is 290 g/mol. The number of benzene rings is 1. The molecule has 0 saturated carbocycles. The summed E-state index contributed by atoms with van der Waals surface area (Å²) in [5, 5.41) is 3.04. The summed E-state index contributed by atoms with van der Waals surface area (Å²) in [6.07, 6.45) is 0.793. The van der Waals surface area contributed by atoms with Gasteiger partial charge in [-0.1, -0.05) is 11.8 Å². The molecule has 1 amide bonds. The Morgan fingerprint density at radius 1 is 1.57 bits per heavy atom. The Hall–Kier alpha value is -1.73. The number of rotatable bonds is 7. The van der Waals surface area contributed by atoms with Crippen LogP contribution in [0.3, 0.4) is 0 Å². The zero-order valence-electron chi connectivity index (χ0n) is 12.1. The van der Waals surface area contributed by atoms with E-state index in [1.807, 2.05) is 6.92 Å². The largest absolute Gasteiger partial charge is 0.431 e. The summed E-state index contributed by atoms with van der Waals surface area (Å²) in [6.45, 7) is 3.05. The molecule has 6 nitrogen and oxygen atoms in total. The summed E-state index contributed by atoms with van der Waals surface area (Å²) >= 11 is 1.29. The Balaban J connectivity index is 1.91. The molecule has 0 aliphatic carbocycles. The van der Waals surface area contributed by atoms with Crippen molar-refractivity contribution in [2.45, 2.75) is 23.8 Å². The topological polar surface area (TPSA) is 90.4 Å². The van der Waals surface area contributed by atoms with Crippen molar-refractivity contribution in [3.63, 3.8) is 0 Å². The number of ether oxygens (including phenoxy) is 1. The van der Waals surface area contributed by atoms with E-state index in [0.717, 1.165) is 11.9 Å². The van der Waals surface area contributed by atoms with Gasteiger partial charge in [-0.05, 0) is 25.5 Å². The molecule has 2 aromatic rings. The van der Waals surface area contributed by atoms with Gasteiger partial charge in [-0.25, -0.2) is 4.98 Å². The van der Waals surface area contributed by atoms with Gasteiger partial charge < -0.3 is 20.2 Å². The molecular formula is C14H19N3O3S. The molecule has 0 fully saturated rings. The highest BCUT2D eigenvalue weighted by Gasteiger charge is 2.17. The number of hydrogen-bond acceptors (Lipinski definition) is 6. The molecule has 1 unspecified atom stereocenters. The smallest absolute Gasteiger partial charge is 0.257 e. The van der Waals surface area contributed by atoms with Gasteiger partial charge in [0.25, 0.3) is 5.22 Å². The summed E-state index contributed by atoms with van der Waals surface area (Å²) in [7, 11) is 1.64. The fourth-order valence-corrected chi connectivity index (χ4v) is 2.53. The minimum absolute atomic E-state index is 0.0436. The van der Waals surface area contributed by atoms with E-state index in [1.54, 1.807) is 25.3 Å². The van der Waals surface area contributed by atoms with E-state index in [9.17, 15) is 4.79 Å². The van der Waals surface area contributed by atoms with Crippen molar-refractivity contribution in [3.8, 4) is 0 Å². The number of nitrogen functional groups attached to an aromatic ring is 1. The van der Waals surface area contributed by atoms with Crippen molar-refractivity contribution in [2.24, 2.45) is 0 Å². The highest BCUT2D eigenvalue weighted by molar-refractivity contribution is 8.00. The van der Waals surface area contributed by atoms with Gasteiger partial charge in [-0.15, -0.1) is 0 Å². The standard InChI is InChI=1S/C14H19N3O3S/c1-9(13(18)16-6-3-7-19-2)21-14-17-11-5-4-10(15)8-12(11)20-14/h4-5,8-9H,3,6-7,15H2,1-2H3,(H,16,18). The van der Waals surface area contributed by atoms with Crippen molar-refractivity contribution < 1.29 is 13.9 Å². The maximum absolute atomic E-state index is 11.9. The Morgan fingerprint density at radius 3 is 3.14 bits per heavy atom. The number of aromatic nitrogens is 1. The average molecular weight is 309 g/mol. The first-order chi connectivity index (χ1) is 10.1. The van der Waals surface area contributed by atoms with Gasteiger partial charge in [0.2, 0.25) is 5.91 Å². The number of fused-ring (bicyclic) bond motifs is 1. The third kappa shape index (κ3) is 4.37. The van der Waals surface area contributed by atoms with Crippen molar-refractivity contribution >= 4 is 34.5 Å². The van der Waals surface area contributed by atoms with Crippen LogP contribution in [0.1, 0.15) is 13.3 Å². The van der Waals surface area contributed by atoms with Gasteiger partial charge >= 0.3 is 0 Å². The first-order valence-corrected chi connectivity index (χ1v) is 7.57. The van der Waals surface area contributed by atoms with Crippen molar-refractivity contribution in [3.05, 3.63) is 18.2 Å². The maximum atomic E-state index is 11.9. The normalized spacial score (nSPS) is 12.5. The van der Waals surface area contributed by atoms with Gasteiger partial charge in [-0.3, -0.25) is 4.79 Å². The van der Waals surface area contributed by atoms with Gasteiger partial charge in [0.1, 0.15) is 5.52 Å². The van der Waals surface area contributed by atoms with E-state index in [4.69, 9.17) is 14.9 Å². The number of anilines is 1. The van der Waals surface area contributed by atoms with Crippen LogP contribution in [0.5, 0.6) is 0 Å². The fraction of sp³-hybridized carbons (Fsp3) is 0.429. The second-order valence-corrected chi connectivity index (χ2v) is 5.90. The number of nitrogens with zero attached hydrogens (tertiary/aromatic N) is 1. The third-order valence-electron chi connectivity index (χ3n) is 2.86. The summed E-state index contributed by atoms with van der Waals surface area (Å²) < 4.78 is 10.5. The van der Waals surface area contributed by atoms with Crippen LogP contribution in [0.2, 0.25) is 0 Å². The number of carbonyl (C=O) groups is 1. The predicted molar refractivity (Wildman–Crippen MR) is 83.2 cm³/mol. The van der Waals surface area contributed by atoms with Crippen LogP contribution >= 0.6 is 11.8 Å². The molecule has 0 bridgehead atoms. The number of nitrogens with two attached hydrogens (primary N) is 1. The fourth-order valence-electron chi connectivity index (χ4n) is 1.75. The number of hydrogen-bond donors (Lipinski definition) is 2. The van der Waals surface area contributed by atoms with Gasteiger partial charge in [0.05, 0.1) is 5.25 Å². The van der Waals surface area contributed by atoms with E-state index in [-0.39, 0.29) is 11.2 Å². The van der Waals surface area contributed by atoms with Crippen LogP contribution in [0, 0.1) is 0 Å².